The third kappa shape index (κ3) is 5.79. The van der Waals surface area contributed by atoms with Gasteiger partial charge in [0.05, 0.1) is 0 Å². The van der Waals surface area contributed by atoms with Gasteiger partial charge in [0, 0.05) is 17.7 Å². The Morgan fingerprint density at radius 2 is 2.21 bits per heavy atom. The van der Waals surface area contributed by atoms with Gasteiger partial charge in [0.25, 0.3) is 11.8 Å². The number of carbonyl (C=O) groups is 3. The van der Waals surface area contributed by atoms with E-state index in [-0.39, 0.29) is 53.6 Å². The van der Waals surface area contributed by atoms with Gasteiger partial charge in [-0.3, -0.25) is 14.5 Å². The van der Waals surface area contributed by atoms with E-state index in [9.17, 15) is 19.5 Å². The minimum Gasteiger partial charge on any atom is -0.477 e. The molecule has 0 aliphatic carbocycles. The van der Waals surface area contributed by atoms with Crippen LogP contribution in [-0.2, 0) is 19.2 Å². The zero-order chi connectivity index (χ0) is 22.7. The van der Waals surface area contributed by atoms with Crippen molar-refractivity contribution in [2.24, 2.45) is 10.9 Å². The van der Waals surface area contributed by atoms with Gasteiger partial charge in [-0.2, -0.15) is 0 Å². The number of nitrogen functional groups attached to an aromatic ring is 1. The van der Waals surface area contributed by atoms with Gasteiger partial charge < -0.3 is 26.7 Å². The first-order valence-corrected chi connectivity index (χ1v) is 11.2. The number of carbonyl (C=O) groups excluding carboxylic acids is 2. The number of hydrogen-bond acceptors (Lipinski definition) is 10. The molecule has 33 heavy (non-hydrogen) atoms. The Hall–Kier alpha value is -2.32. The third-order valence-corrected chi connectivity index (χ3v) is 6.70. The number of aliphatic carboxylic acids is 1. The van der Waals surface area contributed by atoms with Crippen LogP contribution in [0.2, 0.25) is 0 Å². The van der Waals surface area contributed by atoms with Gasteiger partial charge >= 0.3 is 5.97 Å². The van der Waals surface area contributed by atoms with Crippen LogP contribution < -0.4 is 16.8 Å². The molecule has 0 spiro atoms. The zero-order valence-corrected chi connectivity index (χ0v) is 20.7. The summed E-state index contributed by atoms with van der Waals surface area (Å²) in [5.74, 6) is -2.09. The lowest BCUT2D eigenvalue weighted by Crippen LogP contribution is -2.71. The molecule has 1 fully saturated rings. The van der Waals surface area contributed by atoms with Crippen LogP contribution >= 0.6 is 47.9 Å². The van der Waals surface area contributed by atoms with E-state index in [2.05, 4.69) is 22.0 Å². The van der Waals surface area contributed by atoms with E-state index in [0.29, 0.717) is 17.7 Å². The van der Waals surface area contributed by atoms with E-state index in [4.69, 9.17) is 16.3 Å². The molecule has 1 aromatic heterocycles. The van der Waals surface area contributed by atoms with E-state index in [1.807, 2.05) is 6.92 Å². The topological polar surface area (TPSA) is 173 Å². The smallest absolute Gasteiger partial charge is 0.352 e. The number of aromatic nitrogens is 1. The summed E-state index contributed by atoms with van der Waals surface area (Å²) in [5, 5.41) is 17.3. The van der Waals surface area contributed by atoms with Crippen molar-refractivity contribution in [3.05, 3.63) is 35.0 Å². The molecule has 3 heterocycles. The van der Waals surface area contributed by atoms with Crippen molar-refractivity contribution in [2.45, 2.75) is 30.9 Å². The number of thiazole rings is 1. The van der Waals surface area contributed by atoms with Gasteiger partial charge in [0.1, 0.15) is 28.9 Å². The first-order valence-electron chi connectivity index (χ1n) is 9.32. The number of carboxylic acid groups (broad SMARTS) is 1. The van der Waals surface area contributed by atoms with E-state index >= 15 is 0 Å². The molecule has 1 aromatic rings. The average molecular weight is 539 g/mol. The van der Waals surface area contributed by atoms with Crippen LogP contribution in [0.4, 0.5) is 5.13 Å². The number of hydrogen-bond donors (Lipinski definition) is 4. The molecule has 0 aromatic carbocycles. The molecule has 1 saturated heterocycles. The first-order chi connectivity index (χ1) is 14.8. The summed E-state index contributed by atoms with van der Waals surface area (Å²) >= 11 is 2.46. The number of nitrogens with zero attached hydrogens (tertiary/aromatic N) is 3. The number of rotatable bonds is 9. The fourth-order valence-corrected chi connectivity index (χ4v) is 4.91. The average Bonchev–Trinajstić information content (AvgIpc) is 3.19. The summed E-state index contributed by atoms with van der Waals surface area (Å²) in [4.78, 5) is 47.8. The maximum atomic E-state index is 12.9. The van der Waals surface area contributed by atoms with E-state index in [1.165, 1.54) is 17.8 Å². The van der Waals surface area contributed by atoms with Crippen LogP contribution in [0.25, 0.3) is 0 Å². The quantitative estimate of drug-likeness (QED) is 0.202. The maximum absolute atomic E-state index is 12.9. The van der Waals surface area contributed by atoms with Crippen molar-refractivity contribution in [2.75, 3.05) is 18.0 Å². The van der Waals surface area contributed by atoms with Crippen LogP contribution in [0.5, 0.6) is 0 Å². The highest BCUT2D eigenvalue weighted by atomic mass is 35.5. The molecule has 11 nitrogen and oxygen atoms in total. The minimum absolute atomic E-state index is 0. The SMILES string of the molecule is C=CC1=C(C(=O)O)N2C(=O)C(NC(=O)C(=NOC(CC)CN)c3csc(N)n3)[C@@H]2SC1.Cl.Cl. The van der Waals surface area contributed by atoms with E-state index in [0.717, 1.165) is 16.2 Å². The summed E-state index contributed by atoms with van der Waals surface area (Å²) in [5.41, 5.74) is 11.7. The number of oxime groups is 1. The number of allylic oxidation sites excluding steroid dienone is 1. The second-order valence-electron chi connectivity index (χ2n) is 6.63. The summed E-state index contributed by atoms with van der Waals surface area (Å²) in [6.07, 6.45) is 1.61. The summed E-state index contributed by atoms with van der Waals surface area (Å²) in [6.45, 7) is 5.67. The molecule has 15 heteroatoms. The van der Waals surface area contributed by atoms with Gasteiger partial charge in [-0.1, -0.05) is 24.7 Å². The van der Waals surface area contributed by atoms with Crippen molar-refractivity contribution in [1.82, 2.24) is 15.2 Å². The molecule has 0 saturated carbocycles. The predicted molar refractivity (Wildman–Crippen MR) is 132 cm³/mol. The molecule has 0 bridgehead atoms. The molecule has 2 amide bonds. The summed E-state index contributed by atoms with van der Waals surface area (Å²) in [7, 11) is 0. The number of thioether (sulfide) groups is 1. The van der Waals surface area contributed by atoms with Crippen molar-refractivity contribution >= 4 is 76.5 Å². The lowest BCUT2D eigenvalue weighted by atomic mass is 10.0. The molecule has 2 aliphatic rings. The molecule has 3 rings (SSSR count). The molecule has 3 atom stereocenters. The number of β-lactam (4-membered cyclic amide) rings is 1. The largest absolute Gasteiger partial charge is 0.477 e. The lowest BCUT2D eigenvalue weighted by molar-refractivity contribution is -0.150. The molecule has 6 N–H and O–H groups in total. The second-order valence-corrected chi connectivity index (χ2v) is 8.62. The Bertz CT molecular complexity index is 981. The number of carboxylic acids is 1. The fraction of sp³-hybridized carbons (Fsp3) is 0.389. The maximum Gasteiger partial charge on any atom is 0.352 e. The monoisotopic (exact) mass is 538 g/mol. The fourth-order valence-electron chi connectivity index (χ4n) is 3.02. The van der Waals surface area contributed by atoms with Gasteiger partial charge in [-0.05, 0) is 12.0 Å². The lowest BCUT2D eigenvalue weighted by Gasteiger charge is -2.49. The number of halogens is 2. The normalized spacial score (nSPS) is 20.5. The zero-order valence-electron chi connectivity index (χ0n) is 17.4. The van der Waals surface area contributed by atoms with Crippen molar-refractivity contribution < 1.29 is 24.3 Å². The number of anilines is 1. The number of fused-ring (bicyclic) bond motifs is 1. The van der Waals surface area contributed by atoms with Crippen LogP contribution in [-0.4, -0.2) is 68.3 Å². The van der Waals surface area contributed by atoms with E-state index in [1.54, 1.807) is 5.38 Å². The molecular formula is C18H24Cl2N6O5S2. The molecule has 2 aliphatic heterocycles. The third-order valence-electron chi connectivity index (χ3n) is 4.72. The highest BCUT2D eigenvalue weighted by Gasteiger charge is 2.54. The van der Waals surface area contributed by atoms with Gasteiger partial charge in [-0.25, -0.2) is 9.78 Å². The van der Waals surface area contributed by atoms with Crippen molar-refractivity contribution in [1.29, 1.82) is 0 Å². The van der Waals surface area contributed by atoms with Gasteiger partial charge in [-0.15, -0.1) is 47.9 Å². The van der Waals surface area contributed by atoms with Crippen LogP contribution in [0.15, 0.2) is 34.5 Å². The molecule has 0 radical (unpaired) electrons. The highest BCUT2D eigenvalue weighted by molar-refractivity contribution is 8.00. The van der Waals surface area contributed by atoms with Gasteiger partial charge in [0.2, 0.25) is 0 Å². The molecular weight excluding hydrogens is 515 g/mol. The standard InChI is InChI=1S/C18H22N6O5S2.2ClH/c1-3-8-6-30-16-12(15(26)24(16)13(8)17(27)28)22-14(25)11(10-7-31-18(20)21-10)23-29-9(4-2)5-19;;/h3,7,9,12,16H,1,4-6,19H2,2H3,(H2,20,21)(H,22,25)(H,27,28);2*1H/t9?,12?,16-;;/m0../s1. The molecule has 182 valence electrons. The first kappa shape index (κ1) is 28.7. The summed E-state index contributed by atoms with van der Waals surface area (Å²) < 4.78 is 0. The Kier molecular flexibility index (Phi) is 10.6. The predicted octanol–water partition coefficient (Wildman–Crippen LogP) is 0.952. The number of nitrogens with one attached hydrogen (secondary N) is 1. The van der Waals surface area contributed by atoms with Crippen LogP contribution in [0.1, 0.15) is 19.0 Å². The highest BCUT2D eigenvalue weighted by Crippen LogP contribution is 2.40. The second kappa shape index (κ2) is 12.2. The Morgan fingerprint density at radius 3 is 2.73 bits per heavy atom. The van der Waals surface area contributed by atoms with Crippen LogP contribution in [0.3, 0.4) is 0 Å². The van der Waals surface area contributed by atoms with Crippen molar-refractivity contribution in [3.63, 3.8) is 0 Å². The van der Waals surface area contributed by atoms with Crippen molar-refractivity contribution in [3.8, 4) is 0 Å². The number of amides is 2. The number of nitrogens with two attached hydrogens (primary N) is 2. The van der Waals surface area contributed by atoms with Gasteiger partial charge in [0.15, 0.2) is 10.8 Å². The van der Waals surface area contributed by atoms with E-state index < -0.39 is 35.3 Å². The minimum atomic E-state index is -1.22. The Morgan fingerprint density at radius 1 is 1.52 bits per heavy atom. The Balaban J connectivity index is 0.00000272. The molecule has 2 unspecified atom stereocenters. The Labute approximate surface area is 210 Å². The summed E-state index contributed by atoms with van der Waals surface area (Å²) in [6, 6.07) is -0.920. The van der Waals surface area contributed by atoms with Crippen LogP contribution in [0, 0.1) is 0 Å².